The average molecular weight is 292 g/mol. The molecule has 0 aromatic heterocycles. The zero-order chi connectivity index (χ0) is 16.0. The maximum atomic E-state index is 12.1. The van der Waals surface area contributed by atoms with Crippen molar-refractivity contribution in [3.05, 3.63) is 29.3 Å². The minimum absolute atomic E-state index is 0.0816. The molecule has 5 heteroatoms. The summed E-state index contributed by atoms with van der Waals surface area (Å²) in [6.07, 6.45) is 0. The van der Waals surface area contributed by atoms with E-state index in [0.717, 1.165) is 16.8 Å². The molecule has 1 rings (SSSR count). The summed E-state index contributed by atoms with van der Waals surface area (Å²) in [6, 6.07) is 5.81. The minimum atomic E-state index is -0.921. The van der Waals surface area contributed by atoms with Crippen molar-refractivity contribution in [1.29, 1.82) is 0 Å². The van der Waals surface area contributed by atoms with E-state index in [1.807, 2.05) is 45.9 Å². The molecule has 1 aromatic carbocycles. The summed E-state index contributed by atoms with van der Waals surface area (Å²) in [5, 5.41) is 11.8. The molecule has 21 heavy (non-hydrogen) atoms. The Balaban J connectivity index is 2.71. The van der Waals surface area contributed by atoms with Crippen LogP contribution >= 0.6 is 0 Å². The van der Waals surface area contributed by atoms with Crippen molar-refractivity contribution in [2.75, 3.05) is 25.0 Å². The number of benzene rings is 1. The monoisotopic (exact) mass is 292 g/mol. The largest absolute Gasteiger partial charge is 0.480 e. The fourth-order valence-electron chi connectivity index (χ4n) is 2.29. The van der Waals surface area contributed by atoms with Gasteiger partial charge in [-0.15, -0.1) is 0 Å². The van der Waals surface area contributed by atoms with E-state index in [4.69, 9.17) is 5.11 Å². The molecular weight excluding hydrogens is 268 g/mol. The first-order chi connectivity index (χ1) is 9.79. The number of rotatable bonds is 7. The molecule has 1 aromatic rings. The molecule has 0 radical (unpaired) electrons. The Bertz CT molecular complexity index is 492. The fourth-order valence-corrected chi connectivity index (χ4v) is 2.29. The Morgan fingerprint density at radius 1 is 1.19 bits per heavy atom. The molecule has 0 atom stereocenters. The van der Waals surface area contributed by atoms with Gasteiger partial charge in [0, 0.05) is 12.2 Å². The van der Waals surface area contributed by atoms with Gasteiger partial charge < -0.3 is 10.4 Å². The second-order valence-corrected chi connectivity index (χ2v) is 5.77. The molecule has 0 bridgehead atoms. The highest BCUT2D eigenvalue weighted by molar-refractivity contribution is 5.94. The van der Waals surface area contributed by atoms with Crippen LogP contribution in [0.4, 0.5) is 5.69 Å². The molecule has 0 unspecified atom stereocenters. The van der Waals surface area contributed by atoms with E-state index in [-0.39, 0.29) is 19.0 Å². The first-order valence-corrected chi connectivity index (χ1v) is 7.09. The number of carboxylic acids is 1. The van der Waals surface area contributed by atoms with Gasteiger partial charge in [0.05, 0.1) is 13.1 Å². The van der Waals surface area contributed by atoms with Crippen LogP contribution in [0.5, 0.6) is 0 Å². The number of anilines is 1. The minimum Gasteiger partial charge on any atom is -0.480 e. The van der Waals surface area contributed by atoms with Gasteiger partial charge in [-0.2, -0.15) is 0 Å². The van der Waals surface area contributed by atoms with Crippen LogP contribution in [0.3, 0.4) is 0 Å². The zero-order valence-electron chi connectivity index (χ0n) is 13.1. The number of carboxylic acid groups (broad SMARTS) is 1. The van der Waals surface area contributed by atoms with Crippen LogP contribution in [0.15, 0.2) is 18.2 Å². The van der Waals surface area contributed by atoms with Gasteiger partial charge in [0.15, 0.2) is 0 Å². The highest BCUT2D eigenvalue weighted by Gasteiger charge is 2.16. The standard InChI is InChI=1S/C16H24N2O3/c1-11(2)8-18(10-15(20)21)9-14(19)17-16-12(3)6-5-7-13(16)4/h5-7,11H,8-10H2,1-4H3,(H,17,19)(H,20,21). The van der Waals surface area contributed by atoms with Crippen LogP contribution in [0.2, 0.25) is 0 Å². The number of hydrogen-bond acceptors (Lipinski definition) is 3. The van der Waals surface area contributed by atoms with Crippen molar-refractivity contribution in [2.24, 2.45) is 5.92 Å². The molecular formula is C16H24N2O3. The number of aryl methyl sites for hydroxylation is 2. The highest BCUT2D eigenvalue weighted by atomic mass is 16.4. The summed E-state index contributed by atoms with van der Waals surface area (Å²) >= 11 is 0. The van der Waals surface area contributed by atoms with Crippen molar-refractivity contribution < 1.29 is 14.7 Å². The second kappa shape index (κ2) is 7.78. The van der Waals surface area contributed by atoms with Gasteiger partial charge in [-0.3, -0.25) is 14.5 Å². The smallest absolute Gasteiger partial charge is 0.317 e. The molecule has 0 aliphatic rings. The normalized spacial score (nSPS) is 11.0. The van der Waals surface area contributed by atoms with Crippen LogP contribution in [0, 0.1) is 19.8 Å². The molecule has 5 nitrogen and oxygen atoms in total. The van der Waals surface area contributed by atoms with Crippen LogP contribution in [-0.2, 0) is 9.59 Å². The predicted octanol–water partition coefficient (Wildman–Crippen LogP) is 2.28. The number of aliphatic carboxylic acids is 1. The topological polar surface area (TPSA) is 69.6 Å². The number of carbonyl (C=O) groups excluding carboxylic acids is 1. The van der Waals surface area contributed by atoms with Gasteiger partial charge in [-0.1, -0.05) is 32.0 Å². The van der Waals surface area contributed by atoms with Crippen molar-refractivity contribution in [3.8, 4) is 0 Å². The lowest BCUT2D eigenvalue weighted by Gasteiger charge is -2.22. The maximum Gasteiger partial charge on any atom is 0.317 e. The molecule has 0 saturated carbocycles. The quantitative estimate of drug-likeness (QED) is 0.809. The number of para-hydroxylation sites is 1. The average Bonchev–Trinajstić information content (AvgIpc) is 2.32. The Morgan fingerprint density at radius 2 is 1.76 bits per heavy atom. The molecule has 0 aliphatic heterocycles. The lowest BCUT2D eigenvalue weighted by atomic mass is 10.1. The Hall–Kier alpha value is -1.88. The molecule has 0 heterocycles. The van der Waals surface area contributed by atoms with Gasteiger partial charge in [0.25, 0.3) is 0 Å². The second-order valence-electron chi connectivity index (χ2n) is 5.77. The first kappa shape index (κ1) is 17.2. The third kappa shape index (κ3) is 5.95. The maximum absolute atomic E-state index is 12.1. The molecule has 2 N–H and O–H groups in total. The summed E-state index contributed by atoms with van der Waals surface area (Å²) in [4.78, 5) is 24.7. The third-order valence-electron chi connectivity index (χ3n) is 3.09. The molecule has 0 saturated heterocycles. The van der Waals surface area contributed by atoms with Crippen LogP contribution in [-0.4, -0.2) is 41.5 Å². The zero-order valence-corrected chi connectivity index (χ0v) is 13.1. The molecule has 0 spiro atoms. The molecule has 1 amide bonds. The van der Waals surface area contributed by atoms with E-state index in [1.54, 1.807) is 4.90 Å². The van der Waals surface area contributed by atoms with Crippen molar-refractivity contribution >= 4 is 17.6 Å². The van der Waals surface area contributed by atoms with Crippen LogP contribution in [0.1, 0.15) is 25.0 Å². The Kier molecular flexibility index (Phi) is 6.37. The van der Waals surface area contributed by atoms with E-state index in [1.165, 1.54) is 0 Å². The third-order valence-corrected chi connectivity index (χ3v) is 3.09. The van der Waals surface area contributed by atoms with Gasteiger partial charge in [0.1, 0.15) is 0 Å². The Morgan fingerprint density at radius 3 is 2.24 bits per heavy atom. The van der Waals surface area contributed by atoms with Crippen LogP contribution in [0.25, 0.3) is 0 Å². The molecule has 0 fully saturated rings. The summed E-state index contributed by atoms with van der Waals surface area (Å²) in [5.41, 5.74) is 2.80. The van der Waals surface area contributed by atoms with Crippen molar-refractivity contribution in [1.82, 2.24) is 4.90 Å². The van der Waals surface area contributed by atoms with E-state index in [0.29, 0.717) is 12.5 Å². The van der Waals surface area contributed by atoms with Gasteiger partial charge in [-0.25, -0.2) is 0 Å². The number of nitrogens with zero attached hydrogens (tertiary/aromatic N) is 1. The lowest BCUT2D eigenvalue weighted by Crippen LogP contribution is -2.39. The highest BCUT2D eigenvalue weighted by Crippen LogP contribution is 2.19. The predicted molar refractivity (Wildman–Crippen MR) is 83.5 cm³/mol. The first-order valence-electron chi connectivity index (χ1n) is 7.09. The summed E-state index contributed by atoms with van der Waals surface area (Å²) in [7, 11) is 0. The number of nitrogens with one attached hydrogen (secondary N) is 1. The number of carbonyl (C=O) groups is 2. The van der Waals surface area contributed by atoms with E-state index in [9.17, 15) is 9.59 Å². The van der Waals surface area contributed by atoms with Gasteiger partial charge in [0.2, 0.25) is 5.91 Å². The number of hydrogen-bond donors (Lipinski definition) is 2. The SMILES string of the molecule is Cc1cccc(C)c1NC(=O)CN(CC(=O)O)CC(C)C. The molecule has 0 aliphatic carbocycles. The fraction of sp³-hybridized carbons (Fsp3) is 0.500. The summed E-state index contributed by atoms with van der Waals surface area (Å²) in [6.45, 7) is 8.40. The van der Waals surface area contributed by atoms with Crippen LogP contribution < -0.4 is 5.32 Å². The molecule has 116 valence electrons. The van der Waals surface area contributed by atoms with Gasteiger partial charge in [-0.05, 0) is 30.9 Å². The summed E-state index contributed by atoms with van der Waals surface area (Å²) in [5.74, 6) is -0.804. The van der Waals surface area contributed by atoms with E-state index < -0.39 is 5.97 Å². The lowest BCUT2D eigenvalue weighted by molar-refractivity contribution is -0.138. The van der Waals surface area contributed by atoms with Gasteiger partial charge >= 0.3 is 5.97 Å². The van der Waals surface area contributed by atoms with E-state index >= 15 is 0 Å². The summed E-state index contributed by atoms with van der Waals surface area (Å²) < 4.78 is 0. The van der Waals surface area contributed by atoms with Crippen molar-refractivity contribution in [3.63, 3.8) is 0 Å². The Labute approximate surface area is 126 Å². The number of amides is 1. The van der Waals surface area contributed by atoms with E-state index in [2.05, 4.69) is 5.32 Å². The van der Waals surface area contributed by atoms with Crippen molar-refractivity contribution in [2.45, 2.75) is 27.7 Å².